The van der Waals surface area contributed by atoms with Crippen LogP contribution in [0.4, 0.5) is 5.69 Å². The second-order valence-corrected chi connectivity index (χ2v) is 8.16. The van der Waals surface area contributed by atoms with Crippen molar-refractivity contribution in [3.8, 4) is 11.5 Å². The van der Waals surface area contributed by atoms with Crippen LogP contribution in [0.1, 0.15) is 35.3 Å². The number of halogens is 1. The van der Waals surface area contributed by atoms with Crippen molar-refractivity contribution in [2.75, 3.05) is 25.2 Å². The van der Waals surface area contributed by atoms with E-state index >= 15 is 0 Å². The first-order valence-corrected chi connectivity index (χ1v) is 11.8. The number of hydrogen-bond acceptors (Lipinski definition) is 6. The summed E-state index contributed by atoms with van der Waals surface area (Å²) < 4.78 is 16.1. The number of methoxy groups -OCH3 is 1. The first kappa shape index (κ1) is 25.0. The molecule has 0 saturated heterocycles. The number of benzene rings is 3. The van der Waals surface area contributed by atoms with E-state index in [0.29, 0.717) is 46.8 Å². The third-order valence-electron chi connectivity index (χ3n) is 5.38. The second kappa shape index (κ2) is 11.1. The van der Waals surface area contributed by atoms with Crippen LogP contribution in [0.25, 0.3) is 6.08 Å². The molecule has 184 valence electrons. The van der Waals surface area contributed by atoms with Gasteiger partial charge in [0.25, 0.3) is 5.91 Å². The molecule has 1 aliphatic heterocycles. The molecule has 0 saturated carbocycles. The van der Waals surface area contributed by atoms with Crippen LogP contribution >= 0.6 is 11.6 Å². The highest BCUT2D eigenvalue weighted by atomic mass is 35.5. The summed E-state index contributed by atoms with van der Waals surface area (Å²) in [6.07, 6.45) is 1.71. The Hall–Kier alpha value is -4.10. The summed E-state index contributed by atoms with van der Waals surface area (Å²) >= 11 is 6.08. The predicted molar refractivity (Wildman–Crippen MR) is 140 cm³/mol. The van der Waals surface area contributed by atoms with Gasteiger partial charge in [-0.15, -0.1) is 0 Å². The fraction of sp³-hybridized carbons (Fsp3) is 0.179. The fourth-order valence-electron chi connectivity index (χ4n) is 3.73. The third kappa shape index (κ3) is 5.26. The van der Waals surface area contributed by atoms with Gasteiger partial charge in [0.1, 0.15) is 11.5 Å². The molecule has 0 bridgehead atoms. The molecule has 3 aromatic carbocycles. The number of ether oxygens (including phenoxy) is 3. The van der Waals surface area contributed by atoms with Crippen molar-refractivity contribution >= 4 is 41.1 Å². The number of aliphatic imine (C=N–C) groups is 1. The quantitative estimate of drug-likeness (QED) is 0.288. The molecule has 0 aliphatic carbocycles. The Labute approximate surface area is 214 Å². The summed E-state index contributed by atoms with van der Waals surface area (Å²) in [7, 11) is 1.32. The van der Waals surface area contributed by atoms with Crippen LogP contribution in [0.5, 0.6) is 11.5 Å². The van der Waals surface area contributed by atoms with Crippen LogP contribution < -0.4 is 14.4 Å². The zero-order chi connectivity index (χ0) is 25.7. The zero-order valence-electron chi connectivity index (χ0n) is 20.2. The van der Waals surface area contributed by atoms with Gasteiger partial charge in [0.2, 0.25) is 0 Å². The Morgan fingerprint density at radius 2 is 1.61 bits per heavy atom. The molecule has 4 rings (SSSR count). The second-order valence-electron chi connectivity index (χ2n) is 7.72. The summed E-state index contributed by atoms with van der Waals surface area (Å²) in [5.74, 6) is 0.914. The maximum atomic E-state index is 13.6. The SMILES string of the molecule is CCOc1ccc(C=C2N=C(c3ccc(Cl)cc3)N(c3ccc(C(=O)OC)cc3)C2=O)cc1OCC. The molecule has 0 spiro atoms. The minimum atomic E-state index is -0.456. The van der Waals surface area contributed by atoms with Crippen molar-refractivity contribution < 1.29 is 23.8 Å². The van der Waals surface area contributed by atoms with Gasteiger partial charge in [-0.1, -0.05) is 17.7 Å². The molecule has 36 heavy (non-hydrogen) atoms. The number of nitrogens with zero attached hydrogens (tertiary/aromatic N) is 2. The summed E-state index contributed by atoms with van der Waals surface area (Å²) in [6, 6.07) is 19.1. The molecule has 0 aromatic heterocycles. The standard InChI is InChI=1S/C28H25ClN2O5/c1-4-35-24-15-6-18(17-25(24)36-5-2)16-23-27(32)31(22-13-9-20(10-14-22)28(33)34-3)26(30-23)19-7-11-21(29)12-8-19/h6-17H,4-5H2,1-3H3. The van der Waals surface area contributed by atoms with E-state index in [0.717, 1.165) is 11.1 Å². The maximum absolute atomic E-state index is 13.6. The summed E-state index contributed by atoms with van der Waals surface area (Å²) in [6.45, 7) is 4.79. The van der Waals surface area contributed by atoms with Crippen LogP contribution in [0, 0.1) is 0 Å². The number of rotatable bonds is 8. The highest BCUT2D eigenvalue weighted by molar-refractivity contribution is 6.34. The van der Waals surface area contributed by atoms with E-state index in [2.05, 4.69) is 4.99 Å². The molecule has 8 heteroatoms. The van der Waals surface area contributed by atoms with Gasteiger partial charge in [-0.2, -0.15) is 0 Å². The van der Waals surface area contributed by atoms with Crippen molar-refractivity contribution in [2.24, 2.45) is 4.99 Å². The molecule has 1 heterocycles. The molecule has 1 amide bonds. The van der Waals surface area contributed by atoms with Gasteiger partial charge in [0.05, 0.1) is 31.6 Å². The average Bonchev–Trinajstić information content (AvgIpc) is 3.21. The van der Waals surface area contributed by atoms with Gasteiger partial charge in [-0.3, -0.25) is 9.69 Å². The highest BCUT2D eigenvalue weighted by Crippen LogP contribution is 2.32. The van der Waals surface area contributed by atoms with Crippen LogP contribution in [0.2, 0.25) is 5.02 Å². The minimum Gasteiger partial charge on any atom is -0.490 e. The van der Waals surface area contributed by atoms with E-state index in [-0.39, 0.29) is 11.6 Å². The van der Waals surface area contributed by atoms with Crippen molar-refractivity contribution in [3.05, 3.63) is 94.1 Å². The van der Waals surface area contributed by atoms with Crippen LogP contribution in [0.3, 0.4) is 0 Å². The molecule has 3 aromatic rings. The molecule has 1 aliphatic rings. The smallest absolute Gasteiger partial charge is 0.337 e. The summed E-state index contributed by atoms with van der Waals surface area (Å²) in [4.78, 5) is 31.6. The molecule has 0 atom stereocenters. The lowest BCUT2D eigenvalue weighted by atomic mass is 10.1. The van der Waals surface area contributed by atoms with Crippen LogP contribution in [0.15, 0.2) is 77.4 Å². The van der Waals surface area contributed by atoms with Gasteiger partial charge >= 0.3 is 5.97 Å². The Morgan fingerprint density at radius 3 is 2.25 bits per heavy atom. The summed E-state index contributed by atoms with van der Waals surface area (Å²) in [5, 5.41) is 0.575. The number of amidine groups is 1. The predicted octanol–water partition coefficient (Wildman–Crippen LogP) is 5.76. The van der Waals surface area contributed by atoms with Crippen molar-refractivity contribution in [1.82, 2.24) is 0 Å². The van der Waals surface area contributed by atoms with Gasteiger partial charge in [0, 0.05) is 10.6 Å². The fourth-order valence-corrected chi connectivity index (χ4v) is 3.85. The Bertz CT molecular complexity index is 1330. The zero-order valence-corrected chi connectivity index (χ0v) is 20.9. The van der Waals surface area contributed by atoms with Crippen LogP contribution in [-0.4, -0.2) is 38.0 Å². The molecular formula is C28H25ClN2O5. The number of carbonyl (C=O) groups excluding carboxylic acids is 2. The Kier molecular flexibility index (Phi) is 7.71. The summed E-state index contributed by atoms with van der Waals surface area (Å²) in [5.41, 5.74) is 2.66. The number of esters is 1. The number of amides is 1. The van der Waals surface area contributed by atoms with Crippen molar-refractivity contribution in [3.63, 3.8) is 0 Å². The first-order chi connectivity index (χ1) is 17.4. The van der Waals surface area contributed by atoms with Gasteiger partial charge in [-0.05, 0) is 86.2 Å². The lowest BCUT2D eigenvalue weighted by molar-refractivity contribution is -0.113. The van der Waals surface area contributed by atoms with Crippen LogP contribution in [-0.2, 0) is 9.53 Å². The van der Waals surface area contributed by atoms with Gasteiger partial charge in [0.15, 0.2) is 11.5 Å². The maximum Gasteiger partial charge on any atom is 0.337 e. The molecule has 7 nitrogen and oxygen atoms in total. The monoisotopic (exact) mass is 504 g/mol. The Morgan fingerprint density at radius 1 is 0.944 bits per heavy atom. The Balaban J connectivity index is 1.76. The highest BCUT2D eigenvalue weighted by Gasteiger charge is 2.32. The minimum absolute atomic E-state index is 0.253. The van der Waals surface area contributed by atoms with Crippen molar-refractivity contribution in [2.45, 2.75) is 13.8 Å². The van der Waals surface area contributed by atoms with E-state index in [9.17, 15) is 9.59 Å². The van der Waals surface area contributed by atoms with E-state index in [1.54, 1.807) is 54.6 Å². The number of carbonyl (C=O) groups is 2. The topological polar surface area (TPSA) is 77.4 Å². The lowest BCUT2D eigenvalue weighted by Crippen LogP contribution is -2.32. The lowest BCUT2D eigenvalue weighted by Gasteiger charge is -2.19. The first-order valence-electron chi connectivity index (χ1n) is 11.4. The molecule has 0 unspecified atom stereocenters. The van der Waals surface area contributed by atoms with Crippen molar-refractivity contribution in [1.29, 1.82) is 0 Å². The van der Waals surface area contributed by atoms with E-state index < -0.39 is 5.97 Å². The molecular weight excluding hydrogens is 480 g/mol. The van der Waals surface area contributed by atoms with Gasteiger partial charge < -0.3 is 14.2 Å². The van der Waals surface area contributed by atoms with E-state index in [4.69, 9.17) is 25.8 Å². The largest absolute Gasteiger partial charge is 0.490 e. The third-order valence-corrected chi connectivity index (χ3v) is 5.63. The van der Waals surface area contributed by atoms with E-state index in [1.165, 1.54) is 12.0 Å². The normalized spacial score (nSPS) is 14.1. The molecule has 0 radical (unpaired) electrons. The number of hydrogen-bond donors (Lipinski definition) is 0. The van der Waals surface area contributed by atoms with E-state index in [1.807, 2.05) is 32.0 Å². The van der Waals surface area contributed by atoms with Gasteiger partial charge in [-0.25, -0.2) is 9.79 Å². The average molecular weight is 505 g/mol. The molecule has 0 fully saturated rings. The molecule has 0 N–H and O–H groups in total. The number of anilines is 1.